The molecule has 0 radical (unpaired) electrons. The zero-order valence-corrected chi connectivity index (χ0v) is 16.1. The second-order valence-electron chi connectivity index (χ2n) is 6.43. The molecule has 146 valence electrons. The van der Waals surface area contributed by atoms with Crippen molar-refractivity contribution < 1.29 is 23.1 Å². The van der Waals surface area contributed by atoms with Crippen LogP contribution in [0.5, 0.6) is 0 Å². The van der Waals surface area contributed by atoms with E-state index in [0.29, 0.717) is 6.42 Å². The number of amides is 1. The number of carbonyl (C=O) groups is 2. The number of carboxylic acid groups (broad SMARTS) is 1. The molecule has 2 aromatic rings. The van der Waals surface area contributed by atoms with Crippen molar-refractivity contribution in [3.05, 3.63) is 42.5 Å². The van der Waals surface area contributed by atoms with Crippen LogP contribution in [0, 0.1) is 5.92 Å². The zero-order chi connectivity index (χ0) is 20.0. The number of rotatable bonds is 9. The number of carbonyl (C=O) groups excluding carboxylic acids is 1. The van der Waals surface area contributed by atoms with Crippen LogP contribution >= 0.6 is 0 Å². The second-order valence-corrected chi connectivity index (χ2v) is 8.19. The summed E-state index contributed by atoms with van der Waals surface area (Å²) in [6, 6.07) is 11.2. The van der Waals surface area contributed by atoms with Crippen molar-refractivity contribution in [2.45, 2.75) is 37.6 Å². The molecule has 27 heavy (non-hydrogen) atoms. The largest absolute Gasteiger partial charge is 0.480 e. The SMILES string of the molecule is CC[C@H](C)[C@H](NC(=O)CCNS(=O)(=O)c1ccc2ccccc2c1)C(=O)O. The molecule has 8 heteroatoms. The van der Waals surface area contributed by atoms with Gasteiger partial charge in [0.25, 0.3) is 0 Å². The summed E-state index contributed by atoms with van der Waals surface area (Å²) in [5.41, 5.74) is 0. The van der Waals surface area contributed by atoms with E-state index < -0.39 is 27.9 Å². The Morgan fingerprint density at radius 1 is 1.11 bits per heavy atom. The number of sulfonamides is 1. The summed E-state index contributed by atoms with van der Waals surface area (Å²) in [5.74, 6) is -1.83. The summed E-state index contributed by atoms with van der Waals surface area (Å²) < 4.78 is 27.2. The number of carboxylic acids is 1. The topological polar surface area (TPSA) is 113 Å². The predicted molar refractivity (Wildman–Crippen MR) is 103 cm³/mol. The molecule has 2 aromatic carbocycles. The maximum absolute atomic E-state index is 12.4. The van der Waals surface area contributed by atoms with Crippen molar-refractivity contribution in [1.29, 1.82) is 0 Å². The van der Waals surface area contributed by atoms with Gasteiger partial charge in [0.2, 0.25) is 15.9 Å². The van der Waals surface area contributed by atoms with E-state index in [2.05, 4.69) is 10.0 Å². The first-order chi connectivity index (χ1) is 12.7. The van der Waals surface area contributed by atoms with Gasteiger partial charge in [-0.05, 0) is 28.8 Å². The Balaban J connectivity index is 1.96. The summed E-state index contributed by atoms with van der Waals surface area (Å²) in [6.07, 6.45) is 0.457. The molecule has 0 aliphatic heterocycles. The van der Waals surface area contributed by atoms with Crippen LogP contribution in [0.1, 0.15) is 26.7 Å². The normalized spacial score (nSPS) is 13.9. The Morgan fingerprint density at radius 3 is 2.41 bits per heavy atom. The highest BCUT2D eigenvalue weighted by atomic mass is 32.2. The Morgan fingerprint density at radius 2 is 1.78 bits per heavy atom. The molecule has 0 fully saturated rings. The molecule has 0 heterocycles. The molecule has 0 saturated heterocycles. The van der Waals surface area contributed by atoms with Crippen molar-refractivity contribution in [2.24, 2.45) is 5.92 Å². The molecule has 3 N–H and O–H groups in total. The van der Waals surface area contributed by atoms with E-state index >= 15 is 0 Å². The molecule has 0 unspecified atom stereocenters. The van der Waals surface area contributed by atoms with Crippen LogP contribution in [0.2, 0.25) is 0 Å². The second kappa shape index (κ2) is 8.96. The number of fused-ring (bicyclic) bond motifs is 1. The fraction of sp³-hybridized carbons (Fsp3) is 0.368. The van der Waals surface area contributed by atoms with Crippen LogP contribution in [0.25, 0.3) is 10.8 Å². The minimum absolute atomic E-state index is 0.115. The fourth-order valence-corrected chi connectivity index (χ4v) is 3.71. The number of nitrogens with one attached hydrogen (secondary N) is 2. The van der Waals surface area contributed by atoms with Gasteiger partial charge in [0.15, 0.2) is 0 Å². The summed E-state index contributed by atoms with van der Waals surface area (Å²) in [6.45, 7) is 3.46. The van der Waals surface area contributed by atoms with E-state index in [1.807, 2.05) is 31.2 Å². The first-order valence-corrected chi connectivity index (χ1v) is 10.2. The number of aliphatic carboxylic acids is 1. The first-order valence-electron chi connectivity index (χ1n) is 8.75. The van der Waals surface area contributed by atoms with Crippen molar-refractivity contribution in [2.75, 3.05) is 6.54 Å². The number of hydrogen-bond acceptors (Lipinski definition) is 4. The third-order valence-electron chi connectivity index (χ3n) is 4.47. The van der Waals surface area contributed by atoms with Gasteiger partial charge in [-0.25, -0.2) is 17.9 Å². The van der Waals surface area contributed by atoms with Crippen molar-refractivity contribution >= 4 is 32.7 Å². The van der Waals surface area contributed by atoms with E-state index in [0.717, 1.165) is 10.8 Å². The van der Waals surface area contributed by atoms with Gasteiger partial charge in [0, 0.05) is 13.0 Å². The van der Waals surface area contributed by atoms with Crippen LogP contribution in [0.3, 0.4) is 0 Å². The highest BCUT2D eigenvalue weighted by Gasteiger charge is 2.25. The van der Waals surface area contributed by atoms with Crippen LogP contribution < -0.4 is 10.0 Å². The highest BCUT2D eigenvalue weighted by molar-refractivity contribution is 7.89. The smallest absolute Gasteiger partial charge is 0.326 e. The lowest BCUT2D eigenvalue weighted by molar-refractivity contribution is -0.143. The maximum atomic E-state index is 12.4. The molecular formula is C19H24N2O5S. The molecule has 2 rings (SSSR count). The van der Waals surface area contributed by atoms with Gasteiger partial charge in [-0.15, -0.1) is 0 Å². The average molecular weight is 392 g/mol. The molecule has 1 amide bonds. The fourth-order valence-electron chi connectivity index (χ4n) is 2.65. The van der Waals surface area contributed by atoms with Crippen molar-refractivity contribution in [3.63, 3.8) is 0 Å². The van der Waals surface area contributed by atoms with Gasteiger partial charge >= 0.3 is 5.97 Å². The molecular weight excluding hydrogens is 368 g/mol. The molecule has 0 aliphatic rings. The highest BCUT2D eigenvalue weighted by Crippen LogP contribution is 2.18. The maximum Gasteiger partial charge on any atom is 0.326 e. The molecule has 0 spiro atoms. The van der Waals surface area contributed by atoms with E-state index in [4.69, 9.17) is 0 Å². The lowest BCUT2D eigenvalue weighted by atomic mass is 9.99. The molecule has 0 aromatic heterocycles. The van der Waals surface area contributed by atoms with Crippen LogP contribution in [-0.2, 0) is 19.6 Å². The van der Waals surface area contributed by atoms with E-state index in [-0.39, 0.29) is 23.8 Å². The Bertz CT molecular complexity index is 927. The number of benzene rings is 2. The third-order valence-corrected chi connectivity index (χ3v) is 5.93. The van der Waals surface area contributed by atoms with Crippen LogP contribution in [-0.4, -0.2) is 38.0 Å². The lowest BCUT2D eigenvalue weighted by Crippen LogP contribution is -2.45. The van der Waals surface area contributed by atoms with Crippen molar-refractivity contribution in [1.82, 2.24) is 10.0 Å². The van der Waals surface area contributed by atoms with Gasteiger partial charge in [-0.1, -0.05) is 50.6 Å². The van der Waals surface area contributed by atoms with E-state index in [9.17, 15) is 23.1 Å². The first kappa shape index (κ1) is 20.9. The quantitative estimate of drug-likeness (QED) is 0.605. The monoisotopic (exact) mass is 392 g/mol. The third kappa shape index (κ3) is 5.51. The Labute approximate surface area is 158 Å². The lowest BCUT2D eigenvalue weighted by Gasteiger charge is -2.20. The minimum Gasteiger partial charge on any atom is -0.480 e. The summed E-state index contributed by atoms with van der Waals surface area (Å²) in [7, 11) is -3.76. The standard InChI is InChI=1S/C19H24N2O5S/c1-3-13(2)18(19(23)24)21-17(22)10-11-20-27(25,26)16-9-8-14-6-4-5-7-15(14)12-16/h4-9,12-13,18,20H,3,10-11H2,1-2H3,(H,21,22)(H,23,24)/t13-,18-/m0/s1. The van der Waals surface area contributed by atoms with Crippen molar-refractivity contribution in [3.8, 4) is 0 Å². The summed E-state index contributed by atoms with van der Waals surface area (Å²) in [4.78, 5) is 23.3. The summed E-state index contributed by atoms with van der Waals surface area (Å²) in [5, 5.41) is 13.4. The Kier molecular flexibility index (Phi) is 6.92. The molecule has 7 nitrogen and oxygen atoms in total. The summed E-state index contributed by atoms with van der Waals surface area (Å²) >= 11 is 0. The number of hydrogen-bond donors (Lipinski definition) is 3. The minimum atomic E-state index is -3.76. The van der Waals surface area contributed by atoms with E-state index in [1.165, 1.54) is 6.07 Å². The molecule has 0 aliphatic carbocycles. The Hall–Kier alpha value is -2.45. The van der Waals surface area contributed by atoms with Crippen LogP contribution in [0.15, 0.2) is 47.4 Å². The average Bonchev–Trinajstić information content (AvgIpc) is 2.64. The van der Waals surface area contributed by atoms with Crippen LogP contribution in [0.4, 0.5) is 0 Å². The molecule has 0 bridgehead atoms. The predicted octanol–water partition coefficient (Wildman–Crippen LogP) is 2.12. The van der Waals surface area contributed by atoms with E-state index in [1.54, 1.807) is 19.1 Å². The zero-order valence-electron chi connectivity index (χ0n) is 15.3. The molecule has 0 saturated carbocycles. The van der Waals surface area contributed by atoms with Gasteiger partial charge in [0.1, 0.15) is 6.04 Å². The van der Waals surface area contributed by atoms with Gasteiger partial charge in [-0.2, -0.15) is 0 Å². The molecule has 2 atom stereocenters. The van der Waals surface area contributed by atoms with Gasteiger partial charge in [-0.3, -0.25) is 4.79 Å². The van der Waals surface area contributed by atoms with Gasteiger partial charge in [0.05, 0.1) is 4.90 Å². The van der Waals surface area contributed by atoms with Gasteiger partial charge < -0.3 is 10.4 Å².